The minimum atomic E-state index is -3.21. The molecule has 0 bridgehead atoms. The highest BCUT2D eigenvalue weighted by Crippen LogP contribution is 2.26. The van der Waals surface area contributed by atoms with E-state index in [0.29, 0.717) is 27.1 Å². The molecule has 114 valence electrons. The summed E-state index contributed by atoms with van der Waals surface area (Å²) in [7, 11) is -3.21. The molecule has 2 aromatic rings. The van der Waals surface area contributed by atoms with Crippen LogP contribution in [-0.2, 0) is 21.1 Å². The highest BCUT2D eigenvalue weighted by molar-refractivity contribution is 7.93. The first-order chi connectivity index (χ1) is 10.5. The van der Waals surface area contributed by atoms with Crippen LogP contribution in [0.5, 0.6) is 0 Å². The van der Waals surface area contributed by atoms with E-state index < -0.39 is 15.8 Å². The molecule has 0 saturated carbocycles. The molecule has 0 saturated heterocycles. The molecule has 0 N–H and O–H groups in total. The van der Waals surface area contributed by atoms with Crippen molar-refractivity contribution in [2.24, 2.45) is 5.16 Å². The van der Waals surface area contributed by atoms with E-state index in [1.165, 1.54) is 11.3 Å². The van der Waals surface area contributed by atoms with Gasteiger partial charge in [-0.05, 0) is 36.9 Å². The second-order valence-corrected chi connectivity index (χ2v) is 8.20. The van der Waals surface area contributed by atoms with Gasteiger partial charge in [0, 0.05) is 5.56 Å². The predicted molar refractivity (Wildman–Crippen MR) is 82.2 cm³/mol. The number of nitrogens with zero attached hydrogens (tertiary/aromatic N) is 1. The predicted octanol–water partition coefficient (Wildman–Crippen LogP) is 2.06. The van der Waals surface area contributed by atoms with Crippen molar-refractivity contribution < 1.29 is 18.0 Å². The Labute approximate surface area is 131 Å². The minimum absolute atomic E-state index is 0.0805. The number of rotatable bonds is 2. The fraction of sp³-hybridized carbons (Fsp3) is 0.200. The molecule has 0 spiro atoms. The summed E-state index contributed by atoms with van der Waals surface area (Å²) in [6.45, 7) is 1.88. The van der Waals surface area contributed by atoms with Crippen LogP contribution in [0.25, 0.3) is 0 Å². The van der Waals surface area contributed by atoms with Crippen LogP contribution in [0.1, 0.15) is 21.5 Å². The number of fused-ring (bicyclic) bond motifs is 1. The molecular weight excluding hydrogens is 322 g/mol. The van der Waals surface area contributed by atoms with Gasteiger partial charge in [-0.25, -0.2) is 13.2 Å². The van der Waals surface area contributed by atoms with Crippen LogP contribution in [0, 0.1) is 6.92 Å². The summed E-state index contributed by atoms with van der Waals surface area (Å²) in [6, 6.07) is 8.66. The number of sulfone groups is 1. The molecule has 7 heteroatoms. The molecule has 0 fully saturated rings. The maximum Gasteiger partial charge on any atom is 0.365 e. The highest BCUT2D eigenvalue weighted by Gasteiger charge is 2.28. The van der Waals surface area contributed by atoms with Crippen molar-refractivity contribution in [3.8, 4) is 0 Å². The third kappa shape index (κ3) is 2.82. The van der Waals surface area contributed by atoms with Crippen molar-refractivity contribution in [2.75, 3.05) is 5.75 Å². The van der Waals surface area contributed by atoms with Gasteiger partial charge in [0.15, 0.2) is 9.84 Å². The number of aryl methyl sites for hydroxylation is 1. The first-order valence-corrected chi connectivity index (χ1v) is 9.16. The molecule has 0 aliphatic carbocycles. The SMILES string of the molecule is Cc1cccc(C(=O)O/N=c2\ccsc3c2CCS3(=O)=O)c1. The topological polar surface area (TPSA) is 72.8 Å². The zero-order valence-electron chi connectivity index (χ0n) is 11.8. The smallest absolute Gasteiger partial charge is 0.312 e. The van der Waals surface area contributed by atoms with Gasteiger partial charge in [-0.3, -0.25) is 0 Å². The molecule has 3 rings (SSSR count). The monoisotopic (exact) mass is 335 g/mol. The van der Waals surface area contributed by atoms with Crippen LogP contribution in [0.15, 0.2) is 45.1 Å². The van der Waals surface area contributed by atoms with Crippen molar-refractivity contribution in [1.82, 2.24) is 0 Å². The van der Waals surface area contributed by atoms with E-state index in [4.69, 9.17) is 4.84 Å². The molecule has 22 heavy (non-hydrogen) atoms. The molecule has 5 nitrogen and oxygen atoms in total. The van der Waals surface area contributed by atoms with Gasteiger partial charge >= 0.3 is 5.97 Å². The normalized spacial score (nSPS) is 16.3. The second-order valence-electron chi connectivity index (χ2n) is 4.98. The third-order valence-electron chi connectivity index (χ3n) is 3.34. The molecule has 1 aromatic heterocycles. The molecule has 0 unspecified atom stereocenters. The molecule has 0 atom stereocenters. The average Bonchev–Trinajstić information content (AvgIpc) is 2.81. The van der Waals surface area contributed by atoms with Crippen LogP contribution in [0.2, 0.25) is 0 Å². The molecule has 0 amide bonds. The first-order valence-electron chi connectivity index (χ1n) is 6.63. The van der Waals surface area contributed by atoms with Crippen molar-refractivity contribution in [3.05, 3.63) is 57.8 Å². The number of benzene rings is 1. The van der Waals surface area contributed by atoms with Gasteiger partial charge in [-0.1, -0.05) is 22.9 Å². The Kier molecular flexibility index (Phi) is 3.84. The molecule has 0 radical (unpaired) electrons. The quantitative estimate of drug-likeness (QED) is 0.622. The standard InChI is InChI=1S/C15H13NO4S2/c1-10-3-2-4-11(9-10)14(17)20-16-13-5-7-21-15-12(13)6-8-22(15,18)19/h2-5,7,9H,6,8H2,1H3/b16-13+. The minimum Gasteiger partial charge on any atom is -0.312 e. The maximum atomic E-state index is 12.0. The lowest BCUT2D eigenvalue weighted by molar-refractivity contribution is 0.0497. The van der Waals surface area contributed by atoms with E-state index >= 15 is 0 Å². The van der Waals surface area contributed by atoms with Crippen LogP contribution >= 0.6 is 11.3 Å². The Hall–Kier alpha value is -1.99. The summed E-state index contributed by atoms with van der Waals surface area (Å²) in [5.41, 5.74) is 1.99. The Morgan fingerprint density at radius 1 is 1.32 bits per heavy atom. The van der Waals surface area contributed by atoms with E-state index in [2.05, 4.69) is 5.16 Å². The van der Waals surface area contributed by atoms with Crippen LogP contribution in [0.4, 0.5) is 0 Å². The third-order valence-corrected chi connectivity index (χ3v) is 6.68. The zero-order chi connectivity index (χ0) is 15.7. The second kappa shape index (κ2) is 5.66. The van der Waals surface area contributed by atoms with Gasteiger partial charge in [-0.15, -0.1) is 11.3 Å². The van der Waals surface area contributed by atoms with E-state index in [-0.39, 0.29) is 5.75 Å². The van der Waals surface area contributed by atoms with E-state index in [0.717, 1.165) is 5.56 Å². The van der Waals surface area contributed by atoms with Gasteiger partial charge in [0.1, 0.15) is 9.57 Å². The van der Waals surface area contributed by atoms with Gasteiger partial charge in [0.25, 0.3) is 0 Å². The Morgan fingerprint density at radius 3 is 2.91 bits per heavy atom. The summed E-state index contributed by atoms with van der Waals surface area (Å²) in [4.78, 5) is 16.9. The van der Waals surface area contributed by atoms with E-state index in [1.54, 1.807) is 29.6 Å². The fourth-order valence-corrected chi connectivity index (χ4v) is 5.17. The van der Waals surface area contributed by atoms with Crippen LogP contribution in [-0.4, -0.2) is 20.1 Å². The number of hydrogen-bond donors (Lipinski definition) is 0. The highest BCUT2D eigenvalue weighted by atomic mass is 32.2. The van der Waals surface area contributed by atoms with Crippen LogP contribution in [0.3, 0.4) is 0 Å². The number of hydrogen-bond acceptors (Lipinski definition) is 6. The summed E-state index contributed by atoms with van der Waals surface area (Å²) in [5.74, 6) is -0.483. The fourth-order valence-electron chi connectivity index (χ4n) is 2.26. The average molecular weight is 335 g/mol. The molecule has 1 aromatic carbocycles. The Bertz CT molecular complexity index is 913. The molecule has 1 aliphatic heterocycles. The zero-order valence-corrected chi connectivity index (χ0v) is 13.4. The molecule has 1 aliphatic rings. The van der Waals surface area contributed by atoms with Crippen molar-refractivity contribution in [1.29, 1.82) is 0 Å². The number of carbonyl (C=O) groups is 1. The lowest BCUT2D eigenvalue weighted by Crippen LogP contribution is -2.11. The van der Waals surface area contributed by atoms with Gasteiger partial charge < -0.3 is 4.84 Å². The first kappa shape index (κ1) is 14.9. The molecular formula is C15H13NO4S2. The number of carbonyl (C=O) groups excluding carboxylic acids is 1. The van der Waals surface area contributed by atoms with Crippen molar-refractivity contribution >= 4 is 27.1 Å². The van der Waals surface area contributed by atoms with E-state index in [9.17, 15) is 13.2 Å². The van der Waals surface area contributed by atoms with Crippen molar-refractivity contribution in [3.63, 3.8) is 0 Å². The summed E-state index contributed by atoms with van der Waals surface area (Å²) in [5, 5.41) is 5.88. The van der Waals surface area contributed by atoms with Gasteiger partial charge in [0.05, 0.1) is 11.3 Å². The largest absolute Gasteiger partial charge is 0.365 e. The Balaban J connectivity index is 1.92. The molecule has 2 heterocycles. The maximum absolute atomic E-state index is 12.0. The summed E-state index contributed by atoms with van der Waals surface area (Å²) < 4.78 is 24.0. The van der Waals surface area contributed by atoms with Gasteiger partial charge in [-0.2, -0.15) is 0 Å². The summed E-state index contributed by atoms with van der Waals surface area (Å²) in [6.07, 6.45) is 0.399. The lowest BCUT2D eigenvalue weighted by atomic mass is 10.1. The van der Waals surface area contributed by atoms with Crippen LogP contribution < -0.4 is 5.36 Å². The van der Waals surface area contributed by atoms with Gasteiger partial charge in [0.2, 0.25) is 0 Å². The summed E-state index contributed by atoms with van der Waals surface area (Å²) >= 11 is 1.17. The lowest BCUT2D eigenvalue weighted by Gasteiger charge is -2.00. The Morgan fingerprint density at radius 2 is 2.14 bits per heavy atom. The van der Waals surface area contributed by atoms with E-state index in [1.807, 2.05) is 13.0 Å². The van der Waals surface area contributed by atoms with Crippen molar-refractivity contribution in [2.45, 2.75) is 17.6 Å².